The van der Waals surface area contributed by atoms with Crippen molar-refractivity contribution in [1.29, 1.82) is 0 Å². The van der Waals surface area contributed by atoms with Crippen LogP contribution in [0.3, 0.4) is 0 Å². The quantitative estimate of drug-likeness (QED) is 0.466. The first kappa shape index (κ1) is 21.7. The topological polar surface area (TPSA) is 56.9 Å². The molecule has 1 aliphatic heterocycles. The Bertz CT molecular complexity index is 1300. The van der Waals surface area contributed by atoms with Gasteiger partial charge in [-0.05, 0) is 29.8 Å². The summed E-state index contributed by atoms with van der Waals surface area (Å²) in [6.45, 7) is 4.08. The fraction of sp³-hybridized carbons (Fsp3) is 0.304. The molecule has 0 bridgehead atoms. The van der Waals surface area contributed by atoms with Crippen molar-refractivity contribution in [3.05, 3.63) is 76.2 Å². The molecule has 0 radical (unpaired) electrons. The lowest BCUT2D eigenvalue weighted by Crippen LogP contribution is -2.48. The third-order valence-electron chi connectivity index (χ3n) is 5.94. The van der Waals surface area contributed by atoms with Crippen LogP contribution in [0.1, 0.15) is 29.2 Å². The molecule has 0 aliphatic carbocycles. The van der Waals surface area contributed by atoms with Crippen LogP contribution >= 0.6 is 11.3 Å². The van der Waals surface area contributed by atoms with E-state index in [0.29, 0.717) is 59.5 Å². The lowest BCUT2D eigenvalue weighted by molar-refractivity contribution is 0.210. The average Bonchev–Trinajstić information content (AvgIpc) is 3.36. The molecule has 1 unspecified atom stereocenters. The lowest BCUT2D eigenvalue weighted by Gasteiger charge is -2.40. The van der Waals surface area contributed by atoms with Gasteiger partial charge >= 0.3 is 0 Å². The minimum Gasteiger partial charge on any atom is -0.492 e. The number of aromatic nitrogens is 3. The van der Waals surface area contributed by atoms with E-state index in [1.807, 2.05) is 11.8 Å². The maximum atomic E-state index is 14.3. The predicted molar refractivity (Wildman–Crippen MR) is 120 cm³/mol. The summed E-state index contributed by atoms with van der Waals surface area (Å²) < 4.78 is 43.5. The Labute approximate surface area is 192 Å². The van der Waals surface area contributed by atoms with Gasteiger partial charge in [-0.15, -0.1) is 5.10 Å². The van der Waals surface area contributed by atoms with Gasteiger partial charge in [-0.1, -0.05) is 36.5 Å². The molecule has 172 valence electrons. The summed E-state index contributed by atoms with van der Waals surface area (Å²) in [5.74, 6) is -1.60. The van der Waals surface area contributed by atoms with Gasteiger partial charge in [0.2, 0.25) is 10.8 Å². The van der Waals surface area contributed by atoms with Crippen molar-refractivity contribution in [1.82, 2.24) is 19.5 Å². The highest BCUT2D eigenvalue weighted by molar-refractivity contribution is 7.17. The number of fused-ring (bicyclic) bond motifs is 1. The van der Waals surface area contributed by atoms with E-state index in [1.54, 1.807) is 18.2 Å². The second-order valence-electron chi connectivity index (χ2n) is 7.92. The number of aromatic hydroxyl groups is 1. The summed E-state index contributed by atoms with van der Waals surface area (Å²) >= 11 is 1.27. The number of halogens is 3. The summed E-state index contributed by atoms with van der Waals surface area (Å²) in [4.78, 5) is 9.57. The molecule has 0 spiro atoms. The van der Waals surface area contributed by atoms with Crippen molar-refractivity contribution in [2.24, 2.45) is 0 Å². The van der Waals surface area contributed by atoms with Gasteiger partial charge in [-0.25, -0.2) is 18.2 Å². The van der Waals surface area contributed by atoms with Gasteiger partial charge in [-0.2, -0.15) is 4.52 Å². The standard InChI is InChI=1S/C23H22F3N5OS/c1-2-19-27-23-31(28-19)22(32)21(33-23)20(14-7-8-15(24)17(26)13-14)30-11-9-29(10-12-30)18-6-4-3-5-16(18)25/h3-8,13,20,32H,2,9-12H2,1H3. The lowest BCUT2D eigenvalue weighted by atomic mass is 10.0. The third-order valence-corrected chi connectivity index (χ3v) is 7.01. The number of anilines is 1. The third kappa shape index (κ3) is 3.93. The van der Waals surface area contributed by atoms with Crippen LogP contribution in [0.5, 0.6) is 5.88 Å². The first-order valence-electron chi connectivity index (χ1n) is 10.7. The number of benzene rings is 2. The molecule has 0 saturated carbocycles. The first-order valence-corrected chi connectivity index (χ1v) is 11.5. The molecule has 4 aromatic rings. The zero-order valence-electron chi connectivity index (χ0n) is 17.9. The van der Waals surface area contributed by atoms with Crippen molar-refractivity contribution >= 4 is 22.0 Å². The van der Waals surface area contributed by atoms with E-state index in [4.69, 9.17) is 0 Å². The van der Waals surface area contributed by atoms with Crippen LogP contribution in [0.4, 0.5) is 18.9 Å². The van der Waals surface area contributed by atoms with Gasteiger partial charge in [0.05, 0.1) is 16.6 Å². The van der Waals surface area contributed by atoms with Crippen molar-refractivity contribution in [3.63, 3.8) is 0 Å². The second-order valence-corrected chi connectivity index (χ2v) is 8.93. The molecule has 2 aromatic carbocycles. The van der Waals surface area contributed by atoms with E-state index in [0.717, 1.165) is 12.1 Å². The molecule has 2 aromatic heterocycles. The van der Waals surface area contributed by atoms with Crippen molar-refractivity contribution in [2.45, 2.75) is 19.4 Å². The van der Waals surface area contributed by atoms with Crippen LogP contribution in [-0.4, -0.2) is 50.8 Å². The number of piperazine rings is 1. The molecule has 33 heavy (non-hydrogen) atoms. The molecule has 3 heterocycles. The molecule has 1 fully saturated rings. The van der Waals surface area contributed by atoms with Crippen molar-refractivity contribution in [2.75, 3.05) is 31.1 Å². The van der Waals surface area contributed by atoms with Gasteiger partial charge in [0.25, 0.3) is 0 Å². The van der Waals surface area contributed by atoms with Crippen molar-refractivity contribution in [3.8, 4) is 5.88 Å². The van der Waals surface area contributed by atoms with Crippen LogP contribution in [0.15, 0.2) is 42.5 Å². The maximum absolute atomic E-state index is 14.3. The van der Waals surface area contributed by atoms with Crippen LogP contribution in [0.2, 0.25) is 0 Å². The monoisotopic (exact) mass is 473 g/mol. The van der Waals surface area contributed by atoms with E-state index in [2.05, 4.69) is 15.0 Å². The summed E-state index contributed by atoms with van der Waals surface area (Å²) in [6, 6.07) is 9.89. The highest BCUT2D eigenvalue weighted by Gasteiger charge is 2.32. The minimum absolute atomic E-state index is 0.0616. The summed E-state index contributed by atoms with van der Waals surface area (Å²) in [5, 5.41) is 15.3. The molecule has 6 nitrogen and oxygen atoms in total. The Morgan fingerprint density at radius 2 is 1.76 bits per heavy atom. The van der Waals surface area contributed by atoms with E-state index >= 15 is 0 Å². The minimum atomic E-state index is -0.949. The molecule has 1 saturated heterocycles. The highest BCUT2D eigenvalue weighted by atomic mass is 32.1. The Balaban J connectivity index is 1.50. The van der Waals surface area contributed by atoms with Crippen LogP contribution in [0.25, 0.3) is 4.96 Å². The number of thiazole rings is 1. The summed E-state index contributed by atoms with van der Waals surface area (Å²) in [7, 11) is 0. The summed E-state index contributed by atoms with van der Waals surface area (Å²) in [6.07, 6.45) is 0.633. The van der Waals surface area contributed by atoms with Gasteiger partial charge in [0.1, 0.15) is 5.82 Å². The summed E-state index contributed by atoms with van der Waals surface area (Å²) in [5.41, 5.74) is 1.05. The zero-order chi connectivity index (χ0) is 23.1. The normalized spacial score (nSPS) is 15.9. The SMILES string of the molecule is CCc1nc2sc(C(c3ccc(F)c(F)c3)N3CCN(c4ccccc4F)CC3)c(O)n2n1. The molecule has 0 amide bonds. The largest absolute Gasteiger partial charge is 0.492 e. The van der Waals surface area contributed by atoms with Crippen LogP contribution in [0, 0.1) is 17.5 Å². The van der Waals surface area contributed by atoms with Gasteiger partial charge in [0, 0.05) is 32.6 Å². The first-order chi connectivity index (χ1) is 16.0. The number of rotatable bonds is 5. The predicted octanol–water partition coefficient (Wildman–Crippen LogP) is 4.39. The van der Waals surface area contributed by atoms with Gasteiger partial charge in [0.15, 0.2) is 17.5 Å². The highest BCUT2D eigenvalue weighted by Crippen LogP contribution is 2.40. The fourth-order valence-electron chi connectivity index (χ4n) is 4.26. The van der Waals surface area contributed by atoms with Crippen LogP contribution in [-0.2, 0) is 6.42 Å². The number of hydrogen-bond donors (Lipinski definition) is 1. The number of para-hydroxylation sites is 1. The van der Waals surface area contributed by atoms with Gasteiger partial charge < -0.3 is 10.0 Å². The Kier molecular flexibility index (Phi) is 5.71. The smallest absolute Gasteiger partial charge is 0.230 e. The molecule has 1 atom stereocenters. The van der Waals surface area contributed by atoms with E-state index in [9.17, 15) is 18.3 Å². The number of aryl methyl sites for hydroxylation is 1. The number of nitrogens with zero attached hydrogens (tertiary/aromatic N) is 5. The fourth-order valence-corrected chi connectivity index (χ4v) is 5.39. The molecular weight excluding hydrogens is 451 g/mol. The molecule has 5 rings (SSSR count). The van der Waals surface area contributed by atoms with E-state index in [1.165, 1.54) is 28.0 Å². The molecule has 10 heteroatoms. The Morgan fingerprint density at radius 1 is 1.00 bits per heavy atom. The molecule has 1 N–H and O–H groups in total. The molecule has 1 aliphatic rings. The van der Waals surface area contributed by atoms with E-state index < -0.39 is 17.7 Å². The number of hydrogen-bond acceptors (Lipinski definition) is 6. The van der Waals surface area contributed by atoms with E-state index in [-0.39, 0.29) is 11.7 Å². The van der Waals surface area contributed by atoms with Gasteiger partial charge in [-0.3, -0.25) is 4.90 Å². The van der Waals surface area contributed by atoms with Crippen molar-refractivity contribution < 1.29 is 18.3 Å². The Hall–Kier alpha value is -3.11. The zero-order valence-corrected chi connectivity index (χ0v) is 18.7. The maximum Gasteiger partial charge on any atom is 0.230 e. The second kappa shape index (κ2) is 8.68. The van der Waals surface area contributed by atoms with Crippen LogP contribution < -0.4 is 4.90 Å². The average molecular weight is 474 g/mol. The Morgan fingerprint density at radius 3 is 2.42 bits per heavy atom. The molecular formula is C23H22F3N5OS.